The molecule has 0 aliphatic rings. The molecule has 0 saturated heterocycles. The van der Waals surface area contributed by atoms with Gasteiger partial charge in [-0.3, -0.25) is 0 Å². The summed E-state index contributed by atoms with van der Waals surface area (Å²) in [6, 6.07) is 4.01. The van der Waals surface area contributed by atoms with Gasteiger partial charge in [-0.15, -0.1) is 0 Å². The molecule has 4 nitrogen and oxygen atoms in total. The number of benzene rings is 1. The molecule has 0 N–H and O–H groups in total. The molecule has 0 bridgehead atoms. The van der Waals surface area contributed by atoms with Gasteiger partial charge in [-0.2, -0.15) is 0 Å². The van der Waals surface area contributed by atoms with Gasteiger partial charge >= 0.3 is 0 Å². The number of ether oxygens (including phenoxy) is 4. The van der Waals surface area contributed by atoms with Gasteiger partial charge in [0.15, 0.2) is 23.0 Å². The van der Waals surface area contributed by atoms with Crippen molar-refractivity contribution in [3.05, 3.63) is 12.1 Å². The van der Waals surface area contributed by atoms with E-state index in [0.717, 1.165) is 61.5 Å². The highest BCUT2D eigenvalue weighted by molar-refractivity contribution is 5.54. The molecule has 0 saturated carbocycles. The number of hydrogen-bond donors (Lipinski definition) is 0. The first kappa shape index (κ1) is 30.5. The molecule has 1 aromatic carbocycles. The first-order valence-electron chi connectivity index (χ1n) is 14.3. The Morgan fingerprint density at radius 3 is 1.18 bits per heavy atom. The monoisotopic (exact) mass is 478 g/mol. The fourth-order valence-electron chi connectivity index (χ4n) is 3.84. The molecule has 4 heteroatoms. The number of unbranched alkanes of at least 4 members (excludes halogenated alkanes) is 4. The molecule has 0 aliphatic heterocycles. The molecular formula is C30H54O4. The Bertz CT molecular complexity index is 562. The minimum absolute atomic E-state index is 0.563. The highest BCUT2D eigenvalue weighted by Crippen LogP contribution is 2.41. The molecule has 2 unspecified atom stereocenters. The van der Waals surface area contributed by atoms with E-state index in [9.17, 15) is 0 Å². The van der Waals surface area contributed by atoms with Crippen LogP contribution < -0.4 is 18.9 Å². The third kappa shape index (κ3) is 12.2. The van der Waals surface area contributed by atoms with Crippen molar-refractivity contribution < 1.29 is 18.9 Å². The second kappa shape index (κ2) is 19.7. The van der Waals surface area contributed by atoms with E-state index in [1.807, 2.05) is 12.1 Å². The zero-order valence-electron chi connectivity index (χ0n) is 23.3. The van der Waals surface area contributed by atoms with Crippen molar-refractivity contribution >= 4 is 0 Å². The third-order valence-electron chi connectivity index (χ3n) is 6.56. The number of hydrogen-bond acceptors (Lipinski definition) is 4. The van der Waals surface area contributed by atoms with E-state index in [1.165, 1.54) is 38.5 Å². The van der Waals surface area contributed by atoms with Crippen LogP contribution in [0.15, 0.2) is 12.1 Å². The SMILES string of the molecule is CCCCOc1cc(OCC(CC)CCCC)c(OCCCC)cc1OCC(CC)CCCC. The summed E-state index contributed by atoms with van der Waals surface area (Å²) in [5.41, 5.74) is 0. The van der Waals surface area contributed by atoms with E-state index in [2.05, 4.69) is 41.5 Å². The number of rotatable bonds is 22. The van der Waals surface area contributed by atoms with Gasteiger partial charge in [0.1, 0.15) is 0 Å². The highest BCUT2D eigenvalue weighted by Gasteiger charge is 2.18. The van der Waals surface area contributed by atoms with Crippen molar-refractivity contribution in [3.63, 3.8) is 0 Å². The van der Waals surface area contributed by atoms with Gasteiger partial charge in [-0.25, -0.2) is 0 Å². The summed E-state index contributed by atoms with van der Waals surface area (Å²) in [5.74, 6) is 4.24. The van der Waals surface area contributed by atoms with Crippen LogP contribution in [0.1, 0.15) is 119 Å². The highest BCUT2D eigenvalue weighted by atomic mass is 16.5. The lowest BCUT2D eigenvalue weighted by molar-refractivity contribution is 0.202. The standard InChI is InChI=1S/C30H54O4/c1-7-13-17-25(11-5)23-33-29-21-28(32-20-16-10-4)30(22-27(29)31-19-15-9-3)34-24-26(12-6)18-14-8-2/h21-22,25-26H,7-20,23-24H2,1-6H3. The van der Waals surface area contributed by atoms with E-state index in [1.54, 1.807) is 0 Å². The van der Waals surface area contributed by atoms with Crippen LogP contribution in [-0.2, 0) is 0 Å². The zero-order valence-corrected chi connectivity index (χ0v) is 23.3. The third-order valence-corrected chi connectivity index (χ3v) is 6.56. The summed E-state index contributed by atoms with van der Waals surface area (Å²) in [6.45, 7) is 16.2. The lowest BCUT2D eigenvalue weighted by Crippen LogP contribution is -2.14. The second-order valence-electron chi connectivity index (χ2n) is 9.60. The van der Waals surface area contributed by atoms with Crippen molar-refractivity contribution in [3.8, 4) is 23.0 Å². The van der Waals surface area contributed by atoms with Gasteiger partial charge < -0.3 is 18.9 Å². The van der Waals surface area contributed by atoms with Gasteiger partial charge in [-0.1, -0.05) is 92.9 Å². The van der Waals surface area contributed by atoms with E-state index in [4.69, 9.17) is 18.9 Å². The summed E-state index contributed by atoms with van der Waals surface area (Å²) < 4.78 is 25.1. The lowest BCUT2D eigenvalue weighted by Gasteiger charge is -2.22. The fourth-order valence-corrected chi connectivity index (χ4v) is 3.84. The van der Waals surface area contributed by atoms with Crippen molar-refractivity contribution in [2.75, 3.05) is 26.4 Å². The van der Waals surface area contributed by atoms with Crippen LogP contribution in [0.3, 0.4) is 0 Å². The summed E-state index contributed by atoms with van der Waals surface area (Å²) in [7, 11) is 0. The van der Waals surface area contributed by atoms with Crippen LogP contribution in [-0.4, -0.2) is 26.4 Å². The first-order valence-corrected chi connectivity index (χ1v) is 14.3. The minimum atomic E-state index is 0.563. The summed E-state index contributed by atoms with van der Waals surface area (Å²) >= 11 is 0. The van der Waals surface area contributed by atoms with Gasteiger partial charge in [-0.05, 0) is 37.5 Å². The molecule has 198 valence electrons. The van der Waals surface area contributed by atoms with E-state index in [-0.39, 0.29) is 0 Å². The van der Waals surface area contributed by atoms with Crippen molar-refractivity contribution in [1.29, 1.82) is 0 Å². The van der Waals surface area contributed by atoms with Gasteiger partial charge in [0.25, 0.3) is 0 Å². The Morgan fingerprint density at radius 2 is 0.853 bits per heavy atom. The van der Waals surface area contributed by atoms with Crippen LogP contribution in [0.5, 0.6) is 23.0 Å². The van der Waals surface area contributed by atoms with E-state index < -0.39 is 0 Å². The summed E-state index contributed by atoms with van der Waals surface area (Å²) in [6.07, 6.45) is 13.8. The summed E-state index contributed by atoms with van der Waals surface area (Å²) in [5, 5.41) is 0. The Kier molecular flexibility index (Phi) is 17.6. The van der Waals surface area contributed by atoms with Crippen molar-refractivity contribution in [2.45, 2.75) is 119 Å². The molecule has 0 radical (unpaired) electrons. The maximum atomic E-state index is 6.36. The van der Waals surface area contributed by atoms with Crippen LogP contribution in [0.25, 0.3) is 0 Å². The second-order valence-corrected chi connectivity index (χ2v) is 9.60. The molecule has 0 aromatic heterocycles. The Hall–Kier alpha value is -1.58. The molecule has 1 aromatic rings. The lowest BCUT2D eigenvalue weighted by atomic mass is 10.0. The Labute approximate surface area is 211 Å². The predicted molar refractivity (Wildman–Crippen MR) is 145 cm³/mol. The van der Waals surface area contributed by atoms with Crippen LogP contribution >= 0.6 is 0 Å². The van der Waals surface area contributed by atoms with Crippen molar-refractivity contribution in [1.82, 2.24) is 0 Å². The molecule has 1 rings (SSSR count). The molecule has 0 fully saturated rings. The Morgan fingerprint density at radius 1 is 0.500 bits per heavy atom. The van der Waals surface area contributed by atoms with E-state index in [0.29, 0.717) is 38.3 Å². The molecule has 0 heterocycles. The molecule has 0 spiro atoms. The maximum absolute atomic E-state index is 6.36. The molecule has 2 atom stereocenters. The fraction of sp³-hybridized carbons (Fsp3) is 0.800. The van der Waals surface area contributed by atoms with Crippen LogP contribution in [0.4, 0.5) is 0 Å². The summed E-state index contributed by atoms with van der Waals surface area (Å²) in [4.78, 5) is 0. The predicted octanol–water partition coefficient (Wildman–Crippen LogP) is 9.23. The average Bonchev–Trinajstić information content (AvgIpc) is 2.85. The average molecular weight is 479 g/mol. The molecular weight excluding hydrogens is 424 g/mol. The Balaban J connectivity index is 3.10. The quantitative estimate of drug-likeness (QED) is 0.156. The zero-order chi connectivity index (χ0) is 25.0. The molecule has 0 aliphatic carbocycles. The first-order chi connectivity index (χ1) is 16.6. The topological polar surface area (TPSA) is 36.9 Å². The van der Waals surface area contributed by atoms with Crippen molar-refractivity contribution in [2.24, 2.45) is 11.8 Å². The van der Waals surface area contributed by atoms with Gasteiger partial charge in [0, 0.05) is 12.1 Å². The van der Waals surface area contributed by atoms with Gasteiger partial charge in [0.05, 0.1) is 26.4 Å². The van der Waals surface area contributed by atoms with E-state index >= 15 is 0 Å². The molecule has 0 amide bonds. The maximum Gasteiger partial charge on any atom is 0.165 e. The largest absolute Gasteiger partial charge is 0.490 e. The molecule has 34 heavy (non-hydrogen) atoms. The minimum Gasteiger partial charge on any atom is -0.490 e. The van der Waals surface area contributed by atoms with Gasteiger partial charge in [0.2, 0.25) is 0 Å². The van der Waals surface area contributed by atoms with Crippen LogP contribution in [0, 0.1) is 11.8 Å². The normalized spacial score (nSPS) is 12.9. The van der Waals surface area contributed by atoms with Crippen LogP contribution in [0.2, 0.25) is 0 Å². The smallest absolute Gasteiger partial charge is 0.165 e.